The predicted octanol–water partition coefficient (Wildman–Crippen LogP) is 1.82. The summed E-state index contributed by atoms with van der Waals surface area (Å²) in [6, 6.07) is 9.35. The second-order valence-electron chi connectivity index (χ2n) is 6.87. The van der Waals surface area contributed by atoms with E-state index in [9.17, 15) is 14.4 Å². The smallest absolute Gasteiger partial charge is 0.253 e. The van der Waals surface area contributed by atoms with E-state index in [2.05, 4.69) is 17.6 Å². The van der Waals surface area contributed by atoms with Crippen LogP contribution < -0.4 is 10.6 Å². The molecule has 0 spiro atoms. The number of amides is 3. The minimum Gasteiger partial charge on any atom is -0.355 e. The van der Waals surface area contributed by atoms with Crippen molar-refractivity contribution in [1.29, 1.82) is 0 Å². The summed E-state index contributed by atoms with van der Waals surface area (Å²) in [4.78, 5) is 37.5. The minimum absolute atomic E-state index is 0.0154. The Balaban J connectivity index is 1.82. The van der Waals surface area contributed by atoms with Crippen LogP contribution in [-0.2, 0) is 9.59 Å². The van der Waals surface area contributed by atoms with E-state index in [1.807, 2.05) is 35.2 Å². The van der Waals surface area contributed by atoms with Gasteiger partial charge in [-0.3, -0.25) is 14.4 Å². The van der Waals surface area contributed by atoms with Gasteiger partial charge in [-0.1, -0.05) is 31.5 Å². The Bertz CT molecular complexity index is 618. The molecule has 1 fully saturated rings. The maximum atomic E-state index is 12.6. The fourth-order valence-corrected chi connectivity index (χ4v) is 3.51. The molecule has 0 unspecified atom stereocenters. The van der Waals surface area contributed by atoms with Crippen LogP contribution in [0, 0.1) is 11.8 Å². The highest BCUT2D eigenvalue weighted by Crippen LogP contribution is 2.29. The lowest BCUT2D eigenvalue weighted by atomic mass is 9.81. The highest BCUT2D eigenvalue weighted by Gasteiger charge is 2.31. The van der Waals surface area contributed by atoms with Crippen molar-refractivity contribution in [2.24, 2.45) is 11.8 Å². The van der Waals surface area contributed by atoms with Crippen LogP contribution in [0.15, 0.2) is 30.3 Å². The Morgan fingerprint density at radius 3 is 2.42 bits per heavy atom. The first-order chi connectivity index (χ1) is 12.5. The zero-order chi connectivity index (χ0) is 18.9. The highest BCUT2D eigenvalue weighted by molar-refractivity contribution is 5.94. The molecular formula is C20H29N3O3. The summed E-state index contributed by atoms with van der Waals surface area (Å²) in [7, 11) is 0. The van der Waals surface area contributed by atoms with Gasteiger partial charge in [0.1, 0.15) is 0 Å². The van der Waals surface area contributed by atoms with E-state index in [1.54, 1.807) is 0 Å². The van der Waals surface area contributed by atoms with Gasteiger partial charge in [0.2, 0.25) is 11.8 Å². The van der Waals surface area contributed by atoms with Gasteiger partial charge in [0, 0.05) is 45.1 Å². The summed E-state index contributed by atoms with van der Waals surface area (Å²) in [6.07, 6.45) is 2.27. The maximum Gasteiger partial charge on any atom is 0.253 e. The summed E-state index contributed by atoms with van der Waals surface area (Å²) < 4.78 is 0. The summed E-state index contributed by atoms with van der Waals surface area (Å²) in [6.45, 7) is 5.85. The summed E-state index contributed by atoms with van der Waals surface area (Å²) in [5, 5.41) is 5.52. The van der Waals surface area contributed by atoms with E-state index in [0.717, 1.165) is 18.4 Å². The Hall–Kier alpha value is -2.37. The van der Waals surface area contributed by atoms with Crippen LogP contribution in [0.3, 0.4) is 0 Å². The topological polar surface area (TPSA) is 78.5 Å². The molecule has 0 radical (unpaired) electrons. The first-order valence-corrected chi connectivity index (χ1v) is 9.36. The monoisotopic (exact) mass is 359 g/mol. The Kier molecular flexibility index (Phi) is 7.63. The van der Waals surface area contributed by atoms with Crippen molar-refractivity contribution >= 4 is 17.7 Å². The van der Waals surface area contributed by atoms with Crippen molar-refractivity contribution < 1.29 is 14.4 Å². The normalized spacial score (nSPS) is 19.7. The maximum absolute atomic E-state index is 12.6. The molecule has 142 valence electrons. The van der Waals surface area contributed by atoms with E-state index in [1.165, 1.54) is 6.92 Å². The van der Waals surface area contributed by atoms with Crippen molar-refractivity contribution in [2.75, 3.05) is 26.2 Å². The van der Waals surface area contributed by atoms with Gasteiger partial charge < -0.3 is 15.5 Å². The van der Waals surface area contributed by atoms with Gasteiger partial charge in [0.25, 0.3) is 5.91 Å². The fraction of sp³-hybridized carbons (Fsp3) is 0.550. The number of carbonyl (C=O) groups is 3. The number of likely N-dealkylation sites (tertiary alicyclic amines) is 1. The molecule has 1 aliphatic rings. The van der Waals surface area contributed by atoms with Gasteiger partial charge in [0.15, 0.2) is 0 Å². The lowest BCUT2D eigenvalue weighted by Crippen LogP contribution is -2.45. The van der Waals surface area contributed by atoms with Gasteiger partial charge in [-0.05, 0) is 30.4 Å². The van der Waals surface area contributed by atoms with Crippen molar-refractivity contribution in [3.05, 3.63) is 35.9 Å². The van der Waals surface area contributed by atoms with Gasteiger partial charge >= 0.3 is 0 Å². The highest BCUT2D eigenvalue weighted by atomic mass is 16.2. The Labute approximate surface area is 155 Å². The third kappa shape index (κ3) is 5.86. The van der Waals surface area contributed by atoms with E-state index in [4.69, 9.17) is 0 Å². The summed E-state index contributed by atoms with van der Waals surface area (Å²) in [5.74, 6) is 0.614. The van der Waals surface area contributed by atoms with E-state index in [0.29, 0.717) is 44.4 Å². The fourth-order valence-electron chi connectivity index (χ4n) is 3.51. The van der Waals surface area contributed by atoms with Gasteiger partial charge in [-0.25, -0.2) is 0 Å². The van der Waals surface area contributed by atoms with E-state index < -0.39 is 0 Å². The Morgan fingerprint density at radius 1 is 1.08 bits per heavy atom. The molecule has 0 aromatic heterocycles. The number of hydrogen-bond donors (Lipinski definition) is 2. The summed E-state index contributed by atoms with van der Waals surface area (Å²) >= 11 is 0. The van der Waals surface area contributed by atoms with Crippen molar-refractivity contribution in [3.8, 4) is 0 Å². The first-order valence-electron chi connectivity index (χ1n) is 9.36. The zero-order valence-electron chi connectivity index (χ0n) is 15.7. The molecule has 1 aromatic carbocycles. The molecular weight excluding hydrogens is 330 g/mol. The molecule has 3 amide bonds. The number of hydrogen-bond acceptors (Lipinski definition) is 3. The number of benzene rings is 1. The van der Waals surface area contributed by atoms with Gasteiger partial charge in [0.05, 0.1) is 0 Å². The van der Waals surface area contributed by atoms with Crippen LogP contribution in [0.25, 0.3) is 0 Å². The second-order valence-corrected chi connectivity index (χ2v) is 6.87. The molecule has 2 N–H and O–H groups in total. The molecule has 2 atom stereocenters. The van der Waals surface area contributed by atoms with Crippen molar-refractivity contribution in [2.45, 2.75) is 33.1 Å². The van der Waals surface area contributed by atoms with E-state index >= 15 is 0 Å². The minimum atomic E-state index is -0.0965. The lowest BCUT2D eigenvalue weighted by Gasteiger charge is -2.38. The molecule has 6 nitrogen and oxygen atoms in total. The standard InChI is InChI=1S/C20H29N3O3/c1-3-16-14-23(20(26)17-7-5-4-6-8-17)12-9-18(16)13-19(25)22-11-10-21-15(2)24/h4-8,16,18H,3,9-14H2,1-2H3,(H,21,24)(H,22,25)/t16-,18-/m0/s1. The molecule has 1 aromatic rings. The first kappa shape index (κ1) is 19.9. The van der Waals surface area contributed by atoms with Crippen LogP contribution in [0.4, 0.5) is 0 Å². The number of piperidine rings is 1. The third-order valence-corrected chi connectivity index (χ3v) is 4.99. The third-order valence-electron chi connectivity index (χ3n) is 4.99. The second kappa shape index (κ2) is 9.94. The molecule has 1 saturated heterocycles. The lowest BCUT2D eigenvalue weighted by molar-refractivity contribution is -0.123. The average molecular weight is 359 g/mol. The SMILES string of the molecule is CC[C@H]1CN(C(=O)c2ccccc2)CC[C@H]1CC(=O)NCCNC(C)=O. The molecule has 0 bridgehead atoms. The van der Waals surface area contributed by atoms with Gasteiger partial charge in [-0.2, -0.15) is 0 Å². The Morgan fingerprint density at radius 2 is 1.77 bits per heavy atom. The predicted molar refractivity (Wildman–Crippen MR) is 101 cm³/mol. The molecule has 0 saturated carbocycles. The zero-order valence-corrected chi connectivity index (χ0v) is 15.7. The van der Waals surface area contributed by atoms with Crippen LogP contribution in [0.1, 0.15) is 43.5 Å². The van der Waals surface area contributed by atoms with Crippen LogP contribution in [0.2, 0.25) is 0 Å². The molecule has 2 rings (SSSR count). The number of nitrogens with zero attached hydrogens (tertiary/aromatic N) is 1. The molecule has 6 heteroatoms. The van der Waals surface area contributed by atoms with Gasteiger partial charge in [-0.15, -0.1) is 0 Å². The van der Waals surface area contributed by atoms with Crippen LogP contribution in [0.5, 0.6) is 0 Å². The van der Waals surface area contributed by atoms with Crippen molar-refractivity contribution in [1.82, 2.24) is 15.5 Å². The van der Waals surface area contributed by atoms with Crippen LogP contribution >= 0.6 is 0 Å². The van der Waals surface area contributed by atoms with Crippen LogP contribution in [-0.4, -0.2) is 48.8 Å². The number of rotatable bonds is 7. The molecule has 1 aliphatic heterocycles. The molecule has 26 heavy (non-hydrogen) atoms. The summed E-state index contributed by atoms with van der Waals surface area (Å²) in [5.41, 5.74) is 0.719. The largest absolute Gasteiger partial charge is 0.355 e. The average Bonchev–Trinajstić information content (AvgIpc) is 2.65. The van der Waals surface area contributed by atoms with E-state index in [-0.39, 0.29) is 17.7 Å². The molecule has 0 aliphatic carbocycles. The van der Waals surface area contributed by atoms with Crippen molar-refractivity contribution in [3.63, 3.8) is 0 Å². The number of carbonyl (C=O) groups excluding carboxylic acids is 3. The molecule has 1 heterocycles. The quantitative estimate of drug-likeness (QED) is 0.729. The number of nitrogens with one attached hydrogen (secondary N) is 2.